The molecule has 1 aromatic carbocycles. The maximum Gasteiger partial charge on any atom is 0.243 e. The van der Waals surface area contributed by atoms with E-state index in [0.717, 1.165) is 16.8 Å². The first kappa shape index (κ1) is 11.7. The molecular weight excluding hydrogens is 192 g/mol. The lowest BCUT2D eigenvalue weighted by Gasteiger charge is -2.13. The number of benzene rings is 1. The first-order valence-corrected chi connectivity index (χ1v) is 4.79. The molecule has 82 valence electrons. The SMILES string of the molecule is Cc1cccc(C)c1NC(=O)[C@H](N)CO. The van der Waals surface area contributed by atoms with Crippen LogP contribution in [0.2, 0.25) is 0 Å². The Kier molecular flexibility index (Phi) is 3.82. The lowest BCUT2D eigenvalue weighted by molar-refractivity contribution is -0.118. The van der Waals surface area contributed by atoms with Crippen molar-refractivity contribution in [3.8, 4) is 0 Å². The van der Waals surface area contributed by atoms with Crippen molar-refractivity contribution >= 4 is 11.6 Å². The van der Waals surface area contributed by atoms with Gasteiger partial charge in [-0.1, -0.05) is 18.2 Å². The van der Waals surface area contributed by atoms with Crippen molar-refractivity contribution in [2.24, 2.45) is 5.73 Å². The predicted octanol–water partition coefficient (Wildman–Crippen LogP) is 0.562. The van der Waals surface area contributed by atoms with E-state index in [4.69, 9.17) is 10.8 Å². The second-order valence-electron chi connectivity index (χ2n) is 3.55. The highest BCUT2D eigenvalue weighted by molar-refractivity contribution is 5.96. The van der Waals surface area contributed by atoms with Crippen LogP contribution < -0.4 is 11.1 Å². The van der Waals surface area contributed by atoms with Gasteiger partial charge < -0.3 is 16.2 Å². The lowest BCUT2D eigenvalue weighted by Crippen LogP contribution is -2.38. The maximum absolute atomic E-state index is 11.5. The number of carbonyl (C=O) groups excluding carboxylic acids is 1. The van der Waals surface area contributed by atoms with E-state index in [0.29, 0.717) is 0 Å². The molecule has 1 amide bonds. The van der Waals surface area contributed by atoms with Gasteiger partial charge in [0.15, 0.2) is 0 Å². The third kappa shape index (κ3) is 2.78. The molecule has 0 aromatic heterocycles. The van der Waals surface area contributed by atoms with Crippen molar-refractivity contribution in [2.45, 2.75) is 19.9 Å². The van der Waals surface area contributed by atoms with E-state index >= 15 is 0 Å². The number of aliphatic hydroxyl groups is 1. The molecule has 4 heteroatoms. The zero-order valence-electron chi connectivity index (χ0n) is 8.95. The van der Waals surface area contributed by atoms with Gasteiger partial charge in [0.25, 0.3) is 0 Å². The van der Waals surface area contributed by atoms with Gasteiger partial charge in [-0.3, -0.25) is 4.79 Å². The molecule has 4 N–H and O–H groups in total. The van der Waals surface area contributed by atoms with Crippen LogP contribution in [0.15, 0.2) is 18.2 Å². The van der Waals surface area contributed by atoms with Crippen LogP contribution in [0.1, 0.15) is 11.1 Å². The second-order valence-corrected chi connectivity index (χ2v) is 3.55. The molecule has 0 radical (unpaired) electrons. The molecule has 0 aliphatic heterocycles. The van der Waals surface area contributed by atoms with Crippen LogP contribution >= 0.6 is 0 Å². The van der Waals surface area contributed by atoms with Crippen LogP contribution in [-0.2, 0) is 4.79 Å². The monoisotopic (exact) mass is 208 g/mol. The summed E-state index contributed by atoms with van der Waals surface area (Å²) in [5, 5.41) is 11.4. The van der Waals surface area contributed by atoms with Crippen LogP contribution in [-0.4, -0.2) is 23.7 Å². The van der Waals surface area contributed by atoms with E-state index in [1.54, 1.807) is 0 Å². The summed E-state index contributed by atoms with van der Waals surface area (Å²) >= 11 is 0. The number of aliphatic hydroxyl groups excluding tert-OH is 1. The number of nitrogens with one attached hydrogen (secondary N) is 1. The summed E-state index contributed by atoms with van der Waals surface area (Å²) in [6, 6.07) is 4.87. The van der Waals surface area contributed by atoms with Gasteiger partial charge in [-0.05, 0) is 25.0 Å². The fraction of sp³-hybridized carbons (Fsp3) is 0.364. The van der Waals surface area contributed by atoms with Gasteiger partial charge >= 0.3 is 0 Å². The summed E-state index contributed by atoms with van der Waals surface area (Å²) in [6.07, 6.45) is 0. The molecule has 0 spiro atoms. The molecule has 0 unspecified atom stereocenters. The smallest absolute Gasteiger partial charge is 0.243 e. The number of hydrogen-bond acceptors (Lipinski definition) is 3. The topological polar surface area (TPSA) is 75.4 Å². The Bertz CT molecular complexity index is 343. The molecule has 0 bridgehead atoms. The van der Waals surface area contributed by atoms with E-state index in [2.05, 4.69) is 5.32 Å². The van der Waals surface area contributed by atoms with Crippen LogP contribution in [0, 0.1) is 13.8 Å². The molecule has 1 atom stereocenters. The Balaban J connectivity index is 2.85. The van der Waals surface area contributed by atoms with Gasteiger partial charge in [0.1, 0.15) is 6.04 Å². The zero-order valence-corrected chi connectivity index (χ0v) is 8.95. The highest BCUT2D eigenvalue weighted by Crippen LogP contribution is 2.19. The molecule has 0 saturated carbocycles. The first-order chi connectivity index (χ1) is 7.06. The van der Waals surface area contributed by atoms with Gasteiger partial charge in [-0.25, -0.2) is 0 Å². The van der Waals surface area contributed by atoms with Crippen LogP contribution in [0.4, 0.5) is 5.69 Å². The van der Waals surface area contributed by atoms with E-state index in [1.165, 1.54) is 0 Å². The number of hydrogen-bond donors (Lipinski definition) is 3. The summed E-state index contributed by atoms with van der Waals surface area (Å²) < 4.78 is 0. The molecular formula is C11H16N2O2. The molecule has 0 aliphatic rings. The fourth-order valence-corrected chi connectivity index (χ4v) is 1.31. The number of amides is 1. The number of nitrogens with two attached hydrogens (primary N) is 1. The van der Waals surface area contributed by atoms with Crippen LogP contribution in [0.5, 0.6) is 0 Å². The Morgan fingerprint density at radius 3 is 2.47 bits per heavy atom. The molecule has 0 aliphatic carbocycles. The molecule has 15 heavy (non-hydrogen) atoms. The summed E-state index contributed by atoms with van der Waals surface area (Å²) in [6.45, 7) is 3.47. The number of anilines is 1. The summed E-state index contributed by atoms with van der Waals surface area (Å²) in [7, 11) is 0. The van der Waals surface area contributed by atoms with Gasteiger partial charge in [0, 0.05) is 5.69 Å². The number of rotatable bonds is 3. The van der Waals surface area contributed by atoms with E-state index in [-0.39, 0.29) is 12.5 Å². The second kappa shape index (κ2) is 4.91. The largest absolute Gasteiger partial charge is 0.394 e. The third-order valence-corrected chi connectivity index (χ3v) is 2.26. The Morgan fingerprint density at radius 2 is 2.00 bits per heavy atom. The molecule has 4 nitrogen and oxygen atoms in total. The molecule has 1 aromatic rings. The molecule has 0 saturated heterocycles. The van der Waals surface area contributed by atoms with E-state index in [9.17, 15) is 4.79 Å². The van der Waals surface area contributed by atoms with Crippen LogP contribution in [0.25, 0.3) is 0 Å². The Morgan fingerprint density at radius 1 is 1.47 bits per heavy atom. The number of carbonyl (C=O) groups is 1. The first-order valence-electron chi connectivity index (χ1n) is 4.79. The van der Waals surface area contributed by atoms with Crippen LogP contribution in [0.3, 0.4) is 0 Å². The average Bonchev–Trinajstić information content (AvgIpc) is 2.22. The maximum atomic E-state index is 11.5. The minimum Gasteiger partial charge on any atom is -0.394 e. The van der Waals surface area contributed by atoms with Crippen molar-refractivity contribution in [1.29, 1.82) is 0 Å². The molecule has 0 heterocycles. The zero-order chi connectivity index (χ0) is 11.4. The lowest BCUT2D eigenvalue weighted by atomic mass is 10.1. The van der Waals surface area contributed by atoms with Crippen molar-refractivity contribution in [3.63, 3.8) is 0 Å². The van der Waals surface area contributed by atoms with Crippen molar-refractivity contribution < 1.29 is 9.90 Å². The third-order valence-electron chi connectivity index (χ3n) is 2.26. The Labute approximate surface area is 89.1 Å². The highest BCUT2D eigenvalue weighted by atomic mass is 16.3. The number of aryl methyl sites for hydroxylation is 2. The van der Waals surface area contributed by atoms with E-state index in [1.807, 2.05) is 32.0 Å². The van der Waals surface area contributed by atoms with Crippen molar-refractivity contribution in [3.05, 3.63) is 29.3 Å². The number of para-hydroxylation sites is 1. The van der Waals surface area contributed by atoms with Gasteiger partial charge in [0.05, 0.1) is 6.61 Å². The quantitative estimate of drug-likeness (QED) is 0.679. The predicted molar refractivity (Wildman–Crippen MR) is 59.6 cm³/mol. The standard InChI is InChI=1S/C11H16N2O2/c1-7-4-3-5-8(2)10(7)13-11(15)9(12)6-14/h3-5,9,14H,6,12H2,1-2H3,(H,13,15)/t9-/m1/s1. The summed E-state index contributed by atoms with van der Waals surface area (Å²) in [5.74, 6) is -0.366. The van der Waals surface area contributed by atoms with Crippen molar-refractivity contribution in [1.82, 2.24) is 0 Å². The summed E-state index contributed by atoms with van der Waals surface area (Å²) in [4.78, 5) is 11.5. The van der Waals surface area contributed by atoms with Gasteiger partial charge in [-0.2, -0.15) is 0 Å². The Hall–Kier alpha value is -1.39. The normalized spacial score (nSPS) is 12.3. The van der Waals surface area contributed by atoms with Crippen molar-refractivity contribution in [2.75, 3.05) is 11.9 Å². The molecule has 1 rings (SSSR count). The minimum atomic E-state index is -0.871. The minimum absolute atomic E-state index is 0.350. The molecule has 0 fully saturated rings. The summed E-state index contributed by atoms with van der Waals surface area (Å²) in [5.41, 5.74) is 8.13. The van der Waals surface area contributed by atoms with Gasteiger partial charge in [-0.15, -0.1) is 0 Å². The van der Waals surface area contributed by atoms with E-state index < -0.39 is 6.04 Å². The fourth-order valence-electron chi connectivity index (χ4n) is 1.31. The highest BCUT2D eigenvalue weighted by Gasteiger charge is 2.13. The average molecular weight is 208 g/mol. The van der Waals surface area contributed by atoms with Gasteiger partial charge in [0.2, 0.25) is 5.91 Å².